The van der Waals surface area contributed by atoms with Crippen LogP contribution in [0.2, 0.25) is 0 Å². The van der Waals surface area contributed by atoms with Crippen LogP contribution in [-0.2, 0) is 14.4 Å². The number of likely N-dealkylation sites (tertiary alicyclic amines) is 1. The summed E-state index contributed by atoms with van der Waals surface area (Å²) in [4.78, 5) is 48.1. The fraction of sp³-hybridized carbons (Fsp3) is 0.552. The summed E-state index contributed by atoms with van der Waals surface area (Å²) in [5.41, 5.74) is 0.320. The zero-order chi connectivity index (χ0) is 26.5. The number of fused-ring (bicyclic) bond motifs is 2. The maximum absolute atomic E-state index is 14.5. The van der Waals surface area contributed by atoms with Gasteiger partial charge in [0.2, 0.25) is 17.7 Å². The number of hydrogen-bond acceptors (Lipinski definition) is 5. The van der Waals surface area contributed by atoms with Crippen molar-refractivity contribution in [2.24, 2.45) is 11.8 Å². The molecule has 7 nitrogen and oxygen atoms in total. The fourth-order valence-corrected chi connectivity index (χ4v) is 8.56. The van der Waals surface area contributed by atoms with E-state index in [4.69, 9.17) is 0 Å². The summed E-state index contributed by atoms with van der Waals surface area (Å²) in [6, 6.07) is 7.90. The predicted molar refractivity (Wildman–Crippen MR) is 145 cm³/mol. The Labute approximate surface area is 223 Å². The van der Waals surface area contributed by atoms with Crippen LogP contribution in [0.15, 0.2) is 54.6 Å². The highest BCUT2D eigenvalue weighted by molar-refractivity contribution is 8.02. The lowest BCUT2D eigenvalue weighted by molar-refractivity contribution is -0.148. The van der Waals surface area contributed by atoms with Crippen molar-refractivity contribution < 1.29 is 19.5 Å². The molecule has 6 atom stereocenters. The Morgan fingerprint density at radius 2 is 1.78 bits per heavy atom. The second kappa shape index (κ2) is 9.62. The molecule has 1 aromatic carbocycles. The number of aliphatic hydroxyl groups excluding tert-OH is 1. The van der Waals surface area contributed by atoms with Crippen molar-refractivity contribution in [3.63, 3.8) is 0 Å². The molecule has 4 aliphatic rings. The molecule has 0 radical (unpaired) electrons. The zero-order valence-electron chi connectivity index (χ0n) is 22.0. The number of nitrogens with zero attached hydrogens (tertiary/aromatic N) is 3. The lowest BCUT2D eigenvalue weighted by atomic mass is 9.78. The molecule has 0 aliphatic carbocycles. The third-order valence-corrected chi connectivity index (χ3v) is 9.92. The van der Waals surface area contributed by atoms with Gasteiger partial charge < -0.3 is 19.8 Å². The van der Waals surface area contributed by atoms with Crippen molar-refractivity contribution in [3.8, 4) is 0 Å². The Kier molecular flexibility index (Phi) is 6.77. The van der Waals surface area contributed by atoms with Gasteiger partial charge in [0.25, 0.3) is 0 Å². The number of carbonyl (C=O) groups excluding carboxylic acids is 3. The molecule has 3 amide bonds. The van der Waals surface area contributed by atoms with Crippen LogP contribution in [0.25, 0.3) is 0 Å². The second-order valence-electron chi connectivity index (χ2n) is 11.4. The molecule has 1 unspecified atom stereocenters. The van der Waals surface area contributed by atoms with Gasteiger partial charge in [0.15, 0.2) is 0 Å². The molecule has 0 aromatic heterocycles. The smallest absolute Gasteiger partial charge is 0.247 e. The van der Waals surface area contributed by atoms with Gasteiger partial charge in [-0.2, -0.15) is 0 Å². The number of hydrogen-bond donors (Lipinski definition) is 1. The summed E-state index contributed by atoms with van der Waals surface area (Å²) < 4.78 is -0.888. The Balaban J connectivity index is 1.68. The van der Waals surface area contributed by atoms with E-state index in [-0.39, 0.29) is 29.6 Å². The van der Waals surface area contributed by atoms with Crippen LogP contribution in [0, 0.1) is 11.8 Å². The first-order valence-corrected chi connectivity index (χ1v) is 14.1. The molecular weight excluding hydrogens is 486 g/mol. The summed E-state index contributed by atoms with van der Waals surface area (Å²) in [5.74, 6) is -1.60. The quantitative estimate of drug-likeness (QED) is 0.600. The summed E-state index contributed by atoms with van der Waals surface area (Å²) in [6.45, 7) is 9.33. The van der Waals surface area contributed by atoms with Gasteiger partial charge in [-0.15, -0.1) is 11.8 Å². The lowest BCUT2D eigenvalue weighted by Gasteiger charge is -2.42. The normalized spacial score (nSPS) is 32.2. The molecule has 2 fully saturated rings. The molecule has 5 rings (SSSR count). The molecule has 1 aromatic rings. The molecular formula is C29H37N3O4S. The third kappa shape index (κ3) is 4.04. The van der Waals surface area contributed by atoms with E-state index in [1.807, 2.05) is 86.1 Å². The highest BCUT2D eigenvalue weighted by Gasteiger charge is 2.72. The minimum atomic E-state index is -0.888. The highest BCUT2D eigenvalue weighted by Crippen LogP contribution is 2.62. The minimum absolute atomic E-state index is 0.0155. The predicted octanol–water partition coefficient (Wildman–Crippen LogP) is 3.02. The van der Waals surface area contributed by atoms with Crippen LogP contribution in [-0.4, -0.2) is 85.3 Å². The number of amides is 3. The number of carbonyl (C=O) groups is 3. The van der Waals surface area contributed by atoms with E-state index in [0.29, 0.717) is 19.6 Å². The molecule has 198 valence electrons. The van der Waals surface area contributed by atoms with Crippen LogP contribution in [0.3, 0.4) is 0 Å². The SMILES string of the molecule is CCCN1CC=C[C@H]2S[C@]34C=CCN(C(C)(C)C)C(=O)C3N([C@H](CO)c3ccccc3)C(=O)[C@@H]4[C@H]2C1=O. The first kappa shape index (κ1) is 26.0. The van der Waals surface area contributed by atoms with E-state index < -0.39 is 34.2 Å². The van der Waals surface area contributed by atoms with Gasteiger partial charge in [-0.05, 0) is 32.8 Å². The van der Waals surface area contributed by atoms with Gasteiger partial charge in [-0.1, -0.05) is 61.6 Å². The third-order valence-electron chi connectivity index (χ3n) is 8.18. The van der Waals surface area contributed by atoms with E-state index in [2.05, 4.69) is 6.08 Å². The molecule has 2 saturated heterocycles. The zero-order valence-corrected chi connectivity index (χ0v) is 22.9. The number of thioether (sulfide) groups is 1. The Hall–Kier alpha value is -2.58. The van der Waals surface area contributed by atoms with E-state index in [0.717, 1.165) is 12.0 Å². The largest absolute Gasteiger partial charge is 0.394 e. The van der Waals surface area contributed by atoms with Crippen LogP contribution in [0.5, 0.6) is 0 Å². The van der Waals surface area contributed by atoms with Gasteiger partial charge in [0, 0.05) is 30.4 Å². The van der Waals surface area contributed by atoms with Crippen molar-refractivity contribution in [1.82, 2.24) is 14.7 Å². The molecule has 4 aliphatic heterocycles. The maximum Gasteiger partial charge on any atom is 0.247 e. The highest BCUT2D eigenvalue weighted by atomic mass is 32.2. The summed E-state index contributed by atoms with van der Waals surface area (Å²) in [7, 11) is 0. The minimum Gasteiger partial charge on any atom is -0.394 e. The van der Waals surface area contributed by atoms with Gasteiger partial charge >= 0.3 is 0 Å². The van der Waals surface area contributed by atoms with E-state index in [9.17, 15) is 19.5 Å². The average Bonchev–Trinajstić information content (AvgIpc) is 3.17. The van der Waals surface area contributed by atoms with E-state index in [1.165, 1.54) is 0 Å². The van der Waals surface area contributed by atoms with Crippen LogP contribution < -0.4 is 0 Å². The Morgan fingerprint density at radius 3 is 2.43 bits per heavy atom. The standard InChI is InChI=1S/C29H37N3O4S/c1-5-15-30-16-9-13-21-22(25(30)34)23-26(35)32(20(18-33)19-11-7-6-8-12-19)24-27(36)31(28(2,3)4)17-10-14-29(23,24)37-21/h6-14,20-24,33H,5,15-18H2,1-4H3/t20-,21-,22+,23+,24?,29+/m1/s1. The topological polar surface area (TPSA) is 81.2 Å². The molecule has 1 N–H and O–H groups in total. The number of benzene rings is 1. The lowest BCUT2D eigenvalue weighted by Crippen LogP contribution is -2.58. The van der Waals surface area contributed by atoms with Crippen molar-refractivity contribution in [1.29, 1.82) is 0 Å². The van der Waals surface area contributed by atoms with Crippen molar-refractivity contribution in [2.75, 3.05) is 26.2 Å². The van der Waals surface area contributed by atoms with Gasteiger partial charge in [0.05, 0.1) is 29.2 Å². The first-order chi connectivity index (χ1) is 17.7. The fourth-order valence-electron chi connectivity index (χ4n) is 6.57. The Bertz CT molecular complexity index is 1130. The monoisotopic (exact) mass is 523 g/mol. The molecule has 8 heteroatoms. The van der Waals surface area contributed by atoms with E-state index >= 15 is 0 Å². The van der Waals surface area contributed by atoms with Crippen molar-refractivity contribution >= 4 is 29.5 Å². The number of aliphatic hydroxyl groups is 1. The second-order valence-corrected chi connectivity index (χ2v) is 12.9. The van der Waals surface area contributed by atoms with E-state index in [1.54, 1.807) is 16.7 Å². The van der Waals surface area contributed by atoms with Crippen LogP contribution in [0.1, 0.15) is 45.7 Å². The summed E-state index contributed by atoms with van der Waals surface area (Å²) in [5, 5.41) is 10.4. The van der Waals surface area contributed by atoms with Crippen molar-refractivity contribution in [2.45, 2.75) is 61.7 Å². The van der Waals surface area contributed by atoms with Gasteiger partial charge in [-0.25, -0.2) is 0 Å². The van der Waals surface area contributed by atoms with Crippen LogP contribution in [0.4, 0.5) is 0 Å². The summed E-state index contributed by atoms with van der Waals surface area (Å²) >= 11 is 1.58. The molecule has 1 spiro atoms. The summed E-state index contributed by atoms with van der Waals surface area (Å²) in [6.07, 6.45) is 8.97. The molecule has 4 heterocycles. The molecule has 0 saturated carbocycles. The Morgan fingerprint density at radius 1 is 1.05 bits per heavy atom. The number of rotatable bonds is 5. The van der Waals surface area contributed by atoms with Gasteiger partial charge in [-0.3, -0.25) is 14.4 Å². The molecule has 0 bridgehead atoms. The van der Waals surface area contributed by atoms with Crippen molar-refractivity contribution in [3.05, 3.63) is 60.2 Å². The average molecular weight is 524 g/mol. The van der Waals surface area contributed by atoms with Gasteiger partial charge in [0.1, 0.15) is 6.04 Å². The molecule has 37 heavy (non-hydrogen) atoms. The maximum atomic E-state index is 14.5. The first-order valence-electron chi connectivity index (χ1n) is 13.3. The van der Waals surface area contributed by atoms with Crippen LogP contribution >= 0.6 is 11.8 Å².